The largest absolute Gasteiger partial charge is 0.334 e. The van der Waals surface area contributed by atoms with Crippen LogP contribution >= 0.6 is 23.1 Å². The Bertz CT molecular complexity index is 1470. The Morgan fingerprint density at radius 3 is 2.37 bits per heavy atom. The predicted octanol–water partition coefficient (Wildman–Crippen LogP) is 7.63. The zero-order valence-electron chi connectivity index (χ0n) is 21.1. The summed E-state index contributed by atoms with van der Waals surface area (Å²) < 4.78 is 1.04. The summed E-state index contributed by atoms with van der Waals surface area (Å²) in [6, 6.07) is 32.3. The molecule has 0 aliphatic rings. The van der Waals surface area contributed by atoms with Crippen LogP contribution < -0.4 is 5.32 Å². The smallest absolute Gasteiger partial charge is 0.254 e. The first-order valence-electron chi connectivity index (χ1n) is 12.4. The molecule has 1 amide bonds. The molecule has 3 aromatic carbocycles. The lowest BCUT2D eigenvalue weighted by Gasteiger charge is -2.24. The van der Waals surface area contributed by atoms with Crippen molar-refractivity contribution in [2.75, 3.05) is 11.9 Å². The van der Waals surface area contributed by atoms with E-state index in [0.29, 0.717) is 13.1 Å². The van der Waals surface area contributed by atoms with Crippen molar-refractivity contribution in [3.8, 4) is 0 Å². The van der Waals surface area contributed by atoms with E-state index in [2.05, 4.69) is 45.6 Å². The number of anilines is 2. The number of pyridine rings is 1. The third-order valence-electron chi connectivity index (χ3n) is 6.06. The first kappa shape index (κ1) is 25.7. The fourth-order valence-electron chi connectivity index (χ4n) is 4.06. The Labute approximate surface area is 231 Å². The number of carbonyl (C=O) groups is 1. The highest BCUT2D eigenvalue weighted by atomic mass is 32.2. The van der Waals surface area contributed by atoms with Crippen LogP contribution in [-0.2, 0) is 13.0 Å². The van der Waals surface area contributed by atoms with Crippen LogP contribution in [0.3, 0.4) is 0 Å². The van der Waals surface area contributed by atoms with Crippen molar-refractivity contribution in [1.29, 1.82) is 0 Å². The quantitative estimate of drug-likeness (QED) is 0.199. The summed E-state index contributed by atoms with van der Waals surface area (Å²) in [5.74, 6) is 0.808. The van der Waals surface area contributed by atoms with Crippen molar-refractivity contribution in [2.45, 2.75) is 29.0 Å². The van der Waals surface area contributed by atoms with Gasteiger partial charge < -0.3 is 10.2 Å². The van der Waals surface area contributed by atoms with Crippen LogP contribution in [0.4, 0.5) is 10.9 Å². The van der Waals surface area contributed by atoms with E-state index in [0.717, 1.165) is 43.2 Å². The number of amides is 1. The lowest BCUT2D eigenvalue weighted by atomic mass is 10.1. The van der Waals surface area contributed by atoms with Crippen molar-refractivity contribution in [2.24, 2.45) is 0 Å². The summed E-state index contributed by atoms with van der Waals surface area (Å²) in [6.07, 6.45) is 4.40. The Morgan fingerprint density at radius 1 is 0.895 bits per heavy atom. The molecule has 2 aromatic heterocycles. The minimum atomic E-state index is 0.0477. The van der Waals surface area contributed by atoms with Gasteiger partial charge in [0.05, 0.1) is 10.4 Å². The van der Waals surface area contributed by atoms with Crippen molar-refractivity contribution >= 4 is 40.0 Å². The van der Waals surface area contributed by atoms with Crippen LogP contribution in [-0.4, -0.2) is 27.3 Å². The summed E-state index contributed by atoms with van der Waals surface area (Å²) in [7, 11) is 0. The number of rotatable bonds is 10. The molecule has 0 aliphatic heterocycles. The molecule has 5 rings (SSSR count). The first-order chi connectivity index (χ1) is 18.6. The van der Waals surface area contributed by atoms with Gasteiger partial charge in [0.2, 0.25) is 0 Å². The molecular formula is C31H28N4OS2. The van der Waals surface area contributed by atoms with Gasteiger partial charge in [-0.2, -0.15) is 0 Å². The number of aryl methyl sites for hydroxylation is 1. The highest BCUT2D eigenvalue weighted by molar-refractivity contribution is 8.01. The van der Waals surface area contributed by atoms with E-state index in [-0.39, 0.29) is 5.91 Å². The van der Waals surface area contributed by atoms with E-state index in [9.17, 15) is 4.79 Å². The van der Waals surface area contributed by atoms with Gasteiger partial charge in [-0.25, -0.2) is 9.97 Å². The lowest BCUT2D eigenvalue weighted by Crippen LogP contribution is -2.33. The average molecular weight is 537 g/mol. The molecular weight excluding hydrogens is 509 g/mol. The molecule has 2 heterocycles. The van der Waals surface area contributed by atoms with Gasteiger partial charge in [-0.3, -0.25) is 4.79 Å². The summed E-state index contributed by atoms with van der Waals surface area (Å²) >= 11 is 3.17. The second-order valence-electron chi connectivity index (χ2n) is 8.85. The minimum Gasteiger partial charge on any atom is -0.334 e. The predicted molar refractivity (Wildman–Crippen MR) is 156 cm³/mol. The topological polar surface area (TPSA) is 58.1 Å². The lowest BCUT2D eigenvalue weighted by molar-refractivity contribution is 0.0744. The Hall–Kier alpha value is -3.94. The second-order valence-corrected chi connectivity index (χ2v) is 11.3. The molecule has 0 bridgehead atoms. The fourth-order valence-corrected chi connectivity index (χ4v) is 5.96. The monoisotopic (exact) mass is 536 g/mol. The number of aromatic nitrogens is 2. The summed E-state index contributed by atoms with van der Waals surface area (Å²) in [4.78, 5) is 25.6. The number of nitrogens with one attached hydrogen (secondary N) is 1. The molecule has 0 saturated heterocycles. The van der Waals surface area contributed by atoms with Crippen molar-refractivity contribution in [1.82, 2.24) is 14.9 Å². The van der Waals surface area contributed by atoms with E-state index in [4.69, 9.17) is 0 Å². The maximum absolute atomic E-state index is 13.9. The van der Waals surface area contributed by atoms with Crippen LogP contribution in [0.2, 0.25) is 0 Å². The molecule has 190 valence electrons. The Morgan fingerprint density at radius 2 is 1.63 bits per heavy atom. The molecule has 38 heavy (non-hydrogen) atoms. The van der Waals surface area contributed by atoms with Gasteiger partial charge in [0, 0.05) is 29.7 Å². The van der Waals surface area contributed by atoms with Gasteiger partial charge in [-0.15, -0.1) is 0 Å². The van der Waals surface area contributed by atoms with Gasteiger partial charge in [-0.1, -0.05) is 95.9 Å². The number of carbonyl (C=O) groups excluding carboxylic acids is 1. The minimum absolute atomic E-state index is 0.0477. The van der Waals surface area contributed by atoms with Crippen LogP contribution in [0.25, 0.3) is 0 Å². The van der Waals surface area contributed by atoms with E-state index in [1.807, 2.05) is 84.8 Å². The normalized spacial score (nSPS) is 10.8. The molecule has 0 spiro atoms. The highest BCUT2D eigenvalue weighted by Crippen LogP contribution is 2.35. The van der Waals surface area contributed by atoms with Crippen LogP contribution in [0.1, 0.15) is 27.0 Å². The van der Waals surface area contributed by atoms with Crippen LogP contribution in [0.5, 0.6) is 0 Å². The standard InChI is InChI=1S/C31H28N4OS2/c1-23-15-16-26(37-29-21-33-31(38-29)34-28-14-8-9-18-32-28)20-27(23)30(36)35(22-25-12-6-3-7-13-25)19-17-24-10-4-2-5-11-24/h2-16,18,20-21H,17,19,22H2,1H3,(H,32,33,34). The van der Waals surface area contributed by atoms with Gasteiger partial charge in [-0.05, 0) is 54.3 Å². The molecule has 5 nitrogen and oxygen atoms in total. The number of hydrogen-bond donors (Lipinski definition) is 1. The second kappa shape index (κ2) is 12.5. The van der Waals surface area contributed by atoms with Crippen LogP contribution in [0.15, 0.2) is 119 Å². The molecule has 0 saturated carbocycles. The van der Waals surface area contributed by atoms with E-state index < -0.39 is 0 Å². The van der Waals surface area contributed by atoms with E-state index in [1.54, 1.807) is 29.3 Å². The maximum Gasteiger partial charge on any atom is 0.254 e. The Balaban J connectivity index is 1.33. The number of thiazole rings is 1. The van der Waals surface area contributed by atoms with Crippen LogP contribution in [0, 0.1) is 6.92 Å². The van der Waals surface area contributed by atoms with Gasteiger partial charge >= 0.3 is 0 Å². The molecule has 0 aliphatic carbocycles. The van der Waals surface area contributed by atoms with Gasteiger partial charge in [0.15, 0.2) is 5.13 Å². The van der Waals surface area contributed by atoms with E-state index in [1.165, 1.54) is 5.56 Å². The highest BCUT2D eigenvalue weighted by Gasteiger charge is 2.19. The molecule has 0 fully saturated rings. The third-order valence-corrected chi connectivity index (χ3v) is 8.06. The van der Waals surface area contributed by atoms with Gasteiger partial charge in [0.1, 0.15) is 5.82 Å². The third kappa shape index (κ3) is 6.88. The van der Waals surface area contributed by atoms with Crippen molar-refractivity contribution in [3.05, 3.63) is 132 Å². The molecule has 5 aromatic rings. The molecule has 1 N–H and O–H groups in total. The summed E-state index contributed by atoms with van der Waals surface area (Å²) in [5.41, 5.74) is 4.05. The van der Waals surface area contributed by atoms with Gasteiger partial charge in [0.25, 0.3) is 5.91 Å². The SMILES string of the molecule is Cc1ccc(Sc2cnc(Nc3ccccn3)s2)cc1C(=O)N(CCc1ccccc1)Cc1ccccc1. The Kier molecular flexibility index (Phi) is 8.48. The van der Waals surface area contributed by atoms with Crippen molar-refractivity contribution < 1.29 is 4.79 Å². The zero-order valence-corrected chi connectivity index (χ0v) is 22.7. The molecule has 0 unspecified atom stereocenters. The van der Waals surface area contributed by atoms with E-state index >= 15 is 0 Å². The number of hydrogen-bond acceptors (Lipinski definition) is 6. The van der Waals surface area contributed by atoms with Crippen molar-refractivity contribution in [3.63, 3.8) is 0 Å². The molecule has 0 atom stereocenters. The summed E-state index contributed by atoms with van der Waals surface area (Å²) in [6.45, 7) is 3.22. The zero-order chi connectivity index (χ0) is 26.2. The first-order valence-corrected chi connectivity index (χ1v) is 14.1. The molecule has 7 heteroatoms. The maximum atomic E-state index is 13.9. The number of benzene rings is 3. The summed E-state index contributed by atoms with van der Waals surface area (Å²) in [5, 5.41) is 4.02. The molecule has 0 radical (unpaired) electrons. The fraction of sp³-hybridized carbons (Fsp3) is 0.129. The average Bonchev–Trinajstić information content (AvgIpc) is 3.39. The number of nitrogens with zero attached hydrogens (tertiary/aromatic N) is 3.